The zero-order chi connectivity index (χ0) is 19.1. The van der Waals surface area contributed by atoms with Crippen molar-refractivity contribution >= 4 is 17.9 Å². The SMILES string of the molecule is CCOc1ccc(/C=C/C(=O)N2CCC(C(=O)N3CCOCC3)CC2)cc1. The van der Waals surface area contributed by atoms with E-state index in [0.717, 1.165) is 24.2 Å². The molecular formula is C21H28N2O4. The first-order valence-electron chi connectivity index (χ1n) is 9.73. The van der Waals surface area contributed by atoms with Gasteiger partial charge in [0.1, 0.15) is 5.75 Å². The van der Waals surface area contributed by atoms with Gasteiger partial charge in [0.25, 0.3) is 0 Å². The summed E-state index contributed by atoms with van der Waals surface area (Å²) < 4.78 is 10.7. The first-order valence-corrected chi connectivity index (χ1v) is 9.73. The number of carbonyl (C=O) groups is 2. The van der Waals surface area contributed by atoms with Crippen LogP contribution in [0.5, 0.6) is 5.75 Å². The topological polar surface area (TPSA) is 59.1 Å². The van der Waals surface area contributed by atoms with Gasteiger partial charge in [0.15, 0.2) is 0 Å². The van der Waals surface area contributed by atoms with E-state index in [0.29, 0.717) is 46.0 Å². The monoisotopic (exact) mass is 372 g/mol. The first-order chi connectivity index (χ1) is 13.2. The summed E-state index contributed by atoms with van der Waals surface area (Å²) in [5, 5.41) is 0. The lowest BCUT2D eigenvalue weighted by Crippen LogP contribution is -2.47. The Morgan fingerprint density at radius 1 is 1.07 bits per heavy atom. The van der Waals surface area contributed by atoms with Crippen LogP contribution in [0.3, 0.4) is 0 Å². The maximum Gasteiger partial charge on any atom is 0.246 e. The highest BCUT2D eigenvalue weighted by Gasteiger charge is 2.30. The normalized spacial score (nSPS) is 18.7. The highest BCUT2D eigenvalue weighted by molar-refractivity contribution is 5.92. The van der Waals surface area contributed by atoms with Crippen LogP contribution in [-0.2, 0) is 14.3 Å². The van der Waals surface area contributed by atoms with Crippen LogP contribution < -0.4 is 4.74 Å². The zero-order valence-corrected chi connectivity index (χ0v) is 15.9. The Balaban J connectivity index is 1.47. The largest absolute Gasteiger partial charge is 0.494 e. The van der Waals surface area contributed by atoms with Crippen molar-refractivity contribution in [1.82, 2.24) is 9.80 Å². The first kappa shape index (κ1) is 19.4. The van der Waals surface area contributed by atoms with Crippen molar-refractivity contribution in [3.05, 3.63) is 35.9 Å². The number of carbonyl (C=O) groups excluding carboxylic acids is 2. The quantitative estimate of drug-likeness (QED) is 0.744. The molecule has 0 unspecified atom stereocenters. The molecule has 0 bridgehead atoms. The van der Waals surface area contributed by atoms with E-state index in [4.69, 9.17) is 9.47 Å². The predicted molar refractivity (Wildman–Crippen MR) is 103 cm³/mol. The molecule has 0 aliphatic carbocycles. The van der Waals surface area contributed by atoms with E-state index in [2.05, 4.69) is 0 Å². The summed E-state index contributed by atoms with van der Waals surface area (Å²) >= 11 is 0. The smallest absolute Gasteiger partial charge is 0.246 e. The summed E-state index contributed by atoms with van der Waals surface area (Å²) in [6.45, 7) is 6.46. The van der Waals surface area contributed by atoms with Crippen LogP contribution in [-0.4, -0.2) is 67.6 Å². The van der Waals surface area contributed by atoms with Crippen molar-refractivity contribution in [2.45, 2.75) is 19.8 Å². The third-order valence-corrected chi connectivity index (χ3v) is 5.09. The number of hydrogen-bond acceptors (Lipinski definition) is 4. The number of nitrogens with zero attached hydrogens (tertiary/aromatic N) is 2. The molecule has 0 radical (unpaired) electrons. The minimum Gasteiger partial charge on any atom is -0.494 e. The van der Waals surface area contributed by atoms with Gasteiger partial charge in [0, 0.05) is 38.2 Å². The Hall–Kier alpha value is -2.34. The molecular weight excluding hydrogens is 344 g/mol. The zero-order valence-electron chi connectivity index (χ0n) is 15.9. The third-order valence-electron chi connectivity index (χ3n) is 5.09. The third kappa shape index (κ3) is 5.32. The van der Waals surface area contributed by atoms with E-state index in [9.17, 15) is 9.59 Å². The van der Waals surface area contributed by atoms with Crippen LogP contribution in [0, 0.1) is 5.92 Å². The van der Waals surface area contributed by atoms with E-state index in [-0.39, 0.29) is 17.7 Å². The van der Waals surface area contributed by atoms with Gasteiger partial charge < -0.3 is 19.3 Å². The number of rotatable bonds is 5. The molecule has 146 valence electrons. The summed E-state index contributed by atoms with van der Waals surface area (Å²) in [7, 11) is 0. The molecule has 27 heavy (non-hydrogen) atoms. The molecule has 2 saturated heterocycles. The molecule has 0 N–H and O–H groups in total. The van der Waals surface area contributed by atoms with Crippen molar-refractivity contribution < 1.29 is 19.1 Å². The second kappa shape index (κ2) is 9.55. The average Bonchev–Trinajstić information content (AvgIpc) is 2.73. The Bertz CT molecular complexity index is 657. The van der Waals surface area contributed by atoms with Crippen LogP contribution in [0.15, 0.2) is 30.3 Å². The number of ether oxygens (including phenoxy) is 2. The maximum absolute atomic E-state index is 12.6. The van der Waals surface area contributed by atoms with Crippen molar-refractivity contribution in [3.8, 4) is 5.75 Å². The molecule has 2 amide bonds. The second-order valence-electron chi connectivity index (χ2n) is 6.87. The Morgan fingerprint density at radius 3 is 2.37 bits per heavy atom. The number of benzene rings is 1. The van der Waals surface area contributed by atoms with Crippen LogP contribution in [0.4, 0.5) is 0 Å². The summed E-state index contributed by atoms with van der Waals surface area (Å²) in [5.41, 5.74) is 0.962. The number of amides is 2. The lowest BCUT2D eigenvalue weighted by atomic mass is 9.95. The molecule has 1 aromatic rings. The van der Waals surface area contributed by atoms with Crippen molar-refractivity contribution in [2.24, 2.45) is 5.92 Å². The lowest BCUT2D eigenvalue weighted by Gasteiger charge is -2.35. The molecule has 2 heterocycles. The average molecular weight is 372 g/mol. The van der Waals surface area contributed by atoms with Gasteiger partial charge in [-0.1, -0.05) is 12.1 Å². The van der Waals surface area contributed by atoms with Gasteiger partial charge in [-0.05, 0) is 43.5 Å². The number of likely N-dealkylation sites (tertiary alicyclic amines) is 1. The van der Waals surface area contributed by atoms with E-state index in [1.165, 1.54) is 0 Å². The van der Waals surface area contributed by atoms with Crippen molar-refractivity contribution in [2.75, 3.05) is 46.0 Å². The molecule has 6 nitrogen and oxygen atoms in total. The summed E-state index contributed by atoms with van der Waals surface area (Å²) in [6.07, 6.45) is 4.90. The molecule has 2 aliphatic rings. The van der Waals surface area contributed by atoms with Gasteiger partial charge in [0.05, 0.1) is 19.8 Å². The maximum atomic E-state index is 12.6. The van der Waals surface area contributed by atoms with E-state index < -0.39 is 0 Å². The van der Waals surface area contributed by atoms with Crippen molar-refractivity contribution in [3.63, 3.8) is 0 Å². The molecule has 1 aromatic carbocycles. The van der Waals surface area contributed by atoms with Gasteiger partial charge in [-0.2, -0.15) is 0 Å². The number of hydrogen-bond donors (Lipinski definition) is 0. The molecule has 2 fully saturated rings. The van der Waals surface area contributed by atoms with E-state index in [1.807, 2.05) is 47.1 Å². The van der Waals surface area contributed by atoms with Crippen molar-refractivity contribution in [1.29, 1.82) is 0 Å². The highest BCUT2D eigenvalue weighted by atomic mass is 16.5. The van der Waals surface area contributed by atoms with Gasteiger partial charge in [0.2, 0.25) is 11.8 Å². The Labute approximate surface area is 160 Å². The predicted octanol–water partition coefficient (Wildman–Crippen LogP) is 2.20. The van der Waals surface area contributed by atoms with Gasteiger partial charge in [-0.15, -0.1) is 0 Å². The molecule has 0 saturated carbocycles. The second-order valence-corrected chi connectivity index (χ2v) is 6.87. The minimum atomic E-state index is 0.00107. The van der Waals surface area contributed by atoms with Crippen LogP contribution in [0.25, 0.3) is 6.08 Å². The van der Waals surface area contributed by atoms with Gasteiger partial charge >= 0.3 is 0 Å². The van der Waals surface area contributed by atoms with Crippen LogP contribution in [0.2, 0.25) is 0 Å². The minimum absolute atomic E-state index is 0.00107. The molecule has 0 atom stereocenters. The molecule has 3 rings (SSSR count). The van der Waals surface area contributed by atoms with E-state index >= 15 is 0 Å². The molecule has 0 spiro atoms. The van der Waals surface area contributed by atoms with Crippen LogP contribution in [0.1, 0.15) is 25.3 Å². The Kier molecular flexibility index (Phi) is 6.87. The lowest BCUT2D eigenvalue weighted by molar-refractivity contribution is -0.142. The number of piperidine rings is 1. The standard InChI is InChI=1S/C21H28N2O4/c1-2-27-19-6-3-17(4-7-19)5-8-20(24)22-11-9-18(10-12-22)21(25)23-13-15-26-16-14-23/h3-8,18H,2,9-16H2,1H3/b8-5+. The summed E-state index contributed by atoms with van der Waals surface area (Å²) in [4.78, 5) is 28.7. The van der Waals surface area contributed by atoms with Gasteiger partial charge in [-0.25, -0.2) is 0 Å². The Morgan fingerprint density at radius 2 is 1.74 bits per heavy atom. The van der Waals surface area contributed by atoms with E-state index in [1.54, 1.807) is 6.08 Å². The number of morpholine rings is 1. The van der Waals surface area contributed by atoms with Gasteiger partial charge in [-0.3, -0.25) is 9.59 Å². The fraction of sp³-hybridized carbons (Fsp3) is 0.524. The summed E-state index contributed by atoms with van der Waals surface area (Å²) in [6, 6.07) is 7.66. The molecule has 0 aromatic heterocycles. The molecule has 6 heteroatoms. The summed E-state index contributed by atoms with van der Waals surface area (Å²) in [5.74, 6) is 1.08. The van der Waals surface area contributed by atoms with Crippen LogP contribution >= 0.6 is 0 Å². The fourth-order valence-electron chi connectivity index (χ4n) is 3.50. The highest BCUT2D eigenvalue weighted by Crippen LogP contribution is 2.21. The molecule has 2 aliphatic heterocycles. The fourth-order valence-corrected chi connectivity index (χ4v) is 3.50.